The molecule has 1 saturated heterocycles. The topological polar surface area (TPSA) is 81.4 Å². The molecule has 1 aliphatic heterocycles. The number of benzene rings is 1. The largest absolute Gasteiger partial charge is 0.490 e. The normalized spacial score (nSPS) is 18.8. The fourth-order valence-corrected chi connectivity index (χ4v) is 3.85. The Kier molecular flexibility index (Phi) is 5.89. The Morgan fingerprint density at radius 3 is 2.88 bits per heavy atom. The molecular formula is C24H30FN5O2. The Morgan fingerprint density at radius 2 is 2.09 bits per heavy atom. The predicted octanol–water partition coefficient (Wildman–Crippen LogP) is 3.92. The number of ether oxygens (including phenoxy) is 1. The van der Waals surface area contributed by atoms with Crippen LogP contribution in [0, 0.1) is 11.7 Å². The fourth-order valence-electron chi connectivity index (χ4n) is 3.85. The second kappa shape index (κ2) is 8.96. The third-order valence-electron chi connectivity index (χ3n) is 6.23. The molecule has 1 aromatic heterocycles. The molecule has 2 saturated carbocycles. The summed E-state index contributed by atoms with van der Waals surface area (Å²) in [6.07, 6.45) is 5.33. The van der Waals surface area contributed by atoms with Crippen LogP contribution in [0.25, 0.3) is 0 Å². The van der Waals surface area contributed by atoms with Crippen LogP contribution in [0.2, 0.25) is 0 Å². The minimum atomic E-state index is -0.316. The molecule has 1 unspecified atom stereocenters. The minimum absolute atomic E-state index is 0.000237. The molecule has 7 nitrogen and oxygen atoms in total. The summed E-state index contributed by atoms with van der Waals surface area (Å²) in [6, 6.07) is 8.92. The second-order valence-electron chi connectivity index (χ2n) is 8.95. The van der Waals surface area contributed by atoms with E-state index in [1.807, 2.05) is 19.1 Å². The molecule has 5 rings (SSSR count). The van der Waals surface area contributed by atoms with Crippen LogP contribution in [0.3, 0.4) is 0 Å². The Hall–Kier alpha value is -2.84. The van der Waals surface area contributed by atoms with E-state index in [0.717, 1.165) is 42.0 Å². The summed E-state index contributed by atoms with van der Waals surface area (Å²) in [5, 5.41) is 2.97. The van der Waals surface area contributed by atoms with Gasteiger partial charge in [0.05, 0.1) is 13.2 Å². The predicted molar refractivity (Wildman–Crippen MR) is 121 cm³/mol. The number of nitrogens with one attached hydrogen (secondary N) is 4. The third kappa shape index (κ3) is 4.97. The lowest BCUT2D eigenvalue weighted by molar-refractivity contribution is 0.252. The molecule has 32 heavy (non-hydrogen) atoms. The first-order valence-corrected chi connectivity index (χ1v) is 11.4. The van der Waals surface area contributed by atoms with E-state index < -0.39 is 0 Å². The highest BCUT2D eigenvalue weighted by Gasteiger charge is 2.31. The lowest BCUT2D eigenvalue weighted by atomic mass is 10.1. The van der Waals surface area contributed by atoms with Gasteiger partial charge in [0.15, 0.2) is 11.6 Å². The van der Waals surface area contributed by atoms with Crippen molar-refractivity contribution in [3.63, 3.8) is 0 Å². The van der Waals surface area contributed by atoms with Crippen molar-refractivity contribution in [3.8, 4) is 5.75 Å². The number of aromatic amines is 1. The summed E-state index contributed by atoms with van der Waals surface area (Å²) in [5.41, 5.74) is 10.9. The number of halogens is 1. The van der Waals surface area contributed by atoms with Crippen LogP contribution in [-0.2, 0) is 6.42 Å². The van der Waals surface area contributed by atoms with E-state index in [0.29, 0.717) is 31.4 Å². The van der Waals surface area contributed by atoms with E-state index in [1.54, 1.807) is 17.0 Å². The molecule has 3 aliphatic rings. The van der Waals surface area contributed by atoms with Crippen LogP contribution in [0.1, 0.15) is 49.9 Å². The van der Waals surface area contributed by atoms with Gasteiger partial charge in [-0.3, -0.25) is 15.8 Å². The van der Waals surface area contributed by atoms with Crippen molar-refractivity contribution >= 4 is 11.8 Å². The van der Waals surface area contributed by atoms with Crippen LogP contribution in [-0.4, -0.2) is 30.7 Å². The number of H-pyrrole nitrogens is 1. The maximum Gasteiger partial charge on any atom is 0.327 e. The zero-order valence-electron chi connectivity index (χ0n) is 18.3. The number of rotatable bonds is 10. The van der Waals surface area contributed by atoms with Crippen LogP contribution < -0.4 is 25.8 Å². The number of carbonyl (C=O) groups is 1. The van der Waals surface area contributed by atoms with Gasteiger partial charge in [0.1, 0.15) is 5.82 Å². The lowest BCUT2D eigenvalue weighted by Crippen LogP contribution is -2.35. The quantitative estimate of drug-likeness (QED) is 0.334. The van der Waals surface area contributed by atoms with Crippen molar-refractivity contribution in [3.05, 3.63) is 58.7 Å². The van der Waals surface area contributed by atoms with Crippen molar-refractivity contribution in [1.82, 2.24) is 21.2 Å². The maximum atomic E-state index is 14.0. The number of carbonyl (C=O) groups excluding carboxylic acids is 1. The number of aromatic nitrogens is 1. The molecule has 2 aliphatic carbocycles. The number of hydrogen-bond acceptors (Lipinski definition) is 4. The SMILES string of the molecule is CC(NNCCc1ccc(N2CC(=C3CC3)NC2=O)[nH]1)c1ccc(F)c(OCC2CC2)c1. The fraction of sp³-hybridized carbons (Fsp3) is 0.458. The van der Waals surface area contributed by atoms with E-state index in [4.69, 9.17) is 4.74 Å². The van der Waals surface area contributed by atoms with E-state index in [1.165, 1.54) is 24.5 Å². The third-order valence-corrected chi connectivity index (χ3v) is 6.23. The number of hydrazine groups is 1. The smallest absolute Gasteiger partial charge is 0.327 e. The number of amides is 2. The van der Waals surface area contributed by atoms with Gasteiger partial charge < -0.3 is 15.0 Å². The van der Waals surface area contributed by atoms with Crippen LogP contribution in [0.4, 0.5) is 15.0 Å². The van der Waals surface area contributed by atoms with E-state index >= 15 is 0 Å². The van der Waals surface area contributed by atoms with Crippen molar-refractivity contribution in [2.75, 3.05) is 24.6 Å². The molecule has 170 valence electrons. The summed E-state index contributed by atoms with van der Waals surface area (Å²) < 4.78 is 19.7. The second-order valence-corrected chi connectivity index (χ2v) is 8.95. The van der Waals surface area contributed by atoms with Gasteiger partial charge in [-0.25, -0.2) is 9.18 Å². The van der Waals surface area contributed by atoms with Gasteiger partial charge in [-0.1, -0.05) is 6.07 Å². The summed E-state index contributed by atoms with van der Waals surface area (Å²) in [4.78, 5) is 17.3. The first-order valence-electron chi connectivity index (χ1n) is 11.4. The Bertz CT molecular complexity index is 1020. The first-order chi connectivity index (χ1) is 15.6. The molecule has 0 bridgehead atoms. The highest BCUT2D eigenvalue weighted by Crippen LogP contribution is 2.33. The number of hydrogen-bond donors (Lipinski definition) is 4. The molecule has 2 amide bonds. The lowest BCUT2D eigenvalue weighted by Gasteiger charge is -2.17. The van der Waals surface area contributed by atoms with Crippen molar-refractivity contribution < 1.29 is 13.9 Å². The van der Waals surface area contributed by atoms with Gasteiger partial charge in [-0.2, -0.15) is 0 Å². The summed E-state index contributed by atoms with van der Waals surface area (Å²) in [6.45, 7) is 3.94. The zero-order chi connectivity index (χ0) is 22.1. The monoisotopic (exact) mass is 439 g/mol. The number of nitrogens with zero attached hydrogens (tertiary/aromatic N) is 1. The van der Waals surface area contributed by atoms with Crippen LogP contribution >= 0.6 is 0 Å². The first kappa shape index (κ1) is 21.0. The molecule has 0 spiro atoms. The number of urea groups is 1. The molecule has 4 N–H and O–H groups in total. The number of anilines is 1. The van der Waals surface area contributed by atoms with Crippen LogP contribution in [0.5, 0.6) is 5.75 Å². The van der Waals surface area contributed by atoms with Crippen LogP contribution in [0.15, 0.2) is 41.6 Å². The zero-order valence-corrected chi connectivity index (χ0v) is 18.3. The Morgan fingerprint density at radius 1 is 1.25 bits per heavy atom. The van der Waals surface area contributed by atoms with Gasteiger partial charge in [-0.05, 0) is 73.9 Å². The summed E-state index contributed by atoms with van der Waals surface area (Å²) >= 11 is 0. The van der Waals surface area contributed by atoms with Crippen molar-refractivity contribution in [2.24, 2.45) is 5.92 Å². The van der Waals surface area contributed by atoms with Crippen molar-refractivity contribution in [1.29, 1.82) is 0 Å². The van der Waals surface area contributed by atoms with Gasteiger partial charge in [0, 0.05) is 30.4 Å². The van der Waals surface area contributed by atoms with E-state index in [9.17, 15) is 9.18 Å². The minimum Gasteiger partial charge on any atom is -0.490 e. The average Bonchev–Trinajstić information content (AvgIpc) is 3.71. The average molecular weight is 440 g/mol. The number of allylic oxidation sites excluding steroid dienone is 1. The molecule has 2 heterocycles. The van der Waals surface area contributed by atoms with Gasteiger partial charge in [-0.15, -0.1) is 0 Å². The molecule has 0 radical (unpaired) electrons. The summed E-state index contributed by atoms with van der Waals surface area (Å²) in [7, 11) is 0. The molecule has 1 aromatic carbocycles. The highest BCUT2D eigenvalue weighted by molar-refractivity contribution is 5.96. The van der Waals surface area contributed by atoms with Crippen molar-refractivity contribution in [2.45, 2.75) is 45.1 Å². The molecule has 2 aromatic rings. The Balaban J connectivity index is 1.08. The van der Waals surface area contributed by atoms with Gasteiger partial charge >= 0.3 is 6.03 Å². The highest BCUT2D eigenvalue weighted by atomic mass is 19.1. The molecule has 8 heteroatoms. The molecular weight excluding hydrogens is 409 g/mol. The van der Waals surface area contributed by atoms with E-state index in [2.05, 4.69) is 21.2 Å². The maximum absolute atomic E-state index is 14.0. The van der Waals surface area contributed by atoms with Gasteiger partial charge in [0.25, 0.3) is 0 Å². The van der Waals surface area contributed by atoms with Gasteiger partial charge in [0.2, 0.25) is 0 Å². The molecule has 3 fully saturated rings. The Labute approximate surface area is 187 Å². The summed E-state index contributed by atoms with van der Waals surface area (Å²) in [5.74, 6) is 1.42. The standard InChI is InChI=1S/C24H30FN5O2/c1-15(18-6-8-20(25)22(12-18)32-14-16-2-3-16)29-26-11-10-19-7-9-23(27-19)30-13-21(17-4-5-17)28-24(30)31/h6-9,12,15-16,26-27,29H,2-5,10-11,13-14H2,1H3,(H,28,31). The van der Waals surface area contributed by atoms with E-state index in [-0.39, 0.29) is 17.9 Å². The molecule has 1 atom stereocenters.